The minimum Gasteiger partial charge on any atom is -0.259 e. The summed E-state index contributed by atoms with van der Waals surface area (Å²) < 4.78 is 0. The Kier molecular flexibility index (Phi) is 4.94. The van der Waals surface area contributed by atoms with E-state index in [1.54, 1.807) is 25.1 Å². The van der Waals surface area contributed by atoms with E-state index in [-0.39, 0.29) is 6.42 Å². The van der Waals surface area contributed by atoms with Crippen LogP contribution in [0.25, 0.3) is 0 Å². The first-order valence-electron chi connectivity index (χ1n) is 5.73. The van der Waals surface area contributed by atoms with Crippen LogP contribution in [-0.4, -0.2) is 16.0 Å². The molecule has 1 rings (SSSR count). The van der Waals surface area contributed by atoms with E-state index < -0.39 is 16.0 Å². The molecule has 0 atom stereocenters. The molecule has 0 unspecified atom stereocenters. The first-order chi connectivity index (χ1) is 8.97. The fourth-order valence-corrected chi connectivity index (χ4v) is 1.86. The molecule has 0 radical (unpaired) electrons. The Morgan fingerprint density at radius 1 is 1.32 bits per heavy atom. The first kappa shape index (κ1) is 14.6. The molecule has 19 heavy (non-hydrogen) atoms. The molecule has 0 aromatic heterocycles. The highest BCUT2D eigenvalue weighted by Gasteiger charge is 2.31. The van der Waals surface area contributed by atoms with Crippen molar-refractivity contribution in [1.82, 2.24) is 0 Å². The Bertz CT molecular complexity index is 522. The summed E-state index contributed by atoms with van der Waals surface area (Å²) in [5.41, 5.74) is 2.15. The molecule has 0 saturated carbocycles. The molecule has 0 N–H and O–H groups in total. The van der Waals surface area contributed by atoms with E-state index in [9.17, 15) is 20.2 Å². The maximum Gasteiger partial charge on any atom is 0.450 e. The van der Waals surface area contributed by atoms with E-state index in [1.807, 2.05) is 0 Å². The summed E-state index contributed by atoms with van der Waals surface area (Å²) in [7, 11) is 0. The number of nitrogens with zero attached hydrogens (tertiary/aromatic N) is 3. The lowest BCUT2D eigenvalue weighted by atomic mass is 9.98. The molecule has 1 aromatic carbocycles. The van der Waals surface area contributed by atoms with Crippen LogP contribution >= 0.6 is 0 Å². The maximum absolute atomic E-state index is 10.5. The summed E-state index contributed by atoms with van der Waals surface area (Å²) in [5, 5.41) is 30.0. The summed E-state index contributed by atoms with van der Waals surface area (Å²) in [6.07, 6.45) is -1.19. The molecule has 0 aliphatic heterocycles. The monoisotopic (exact) mass is 263 g/mol. The van der Waals surface area contributed by atoms with Crippen LogP contribution in [0.4, 0.5) is 0 Å². The number of benzene rings is 1. The van der Waals surface area contributed by atoms with Gasteiger partial charge in [0.1, 0.15) is 0 Å². The molecule has 0 amide bonds. The van der Waals surface area contributed by atoms with E-state index in [0.717, 1.165) is 11.1 Å². The number of nitro groups is 2. The van der Waals surface area contributed by atoms with Crippen molar-refractivity contribution in [2.75, 3.05) is 0 Å². The molecule has 7 heteroatoms. The van der Waals surface area contributed by atoms with Gasteiger partial charge in [0.15, 0.2) is 0 Å². The summed E-state index contributed by atoms with van der Waals surface area (Å²) in [6.45, 7) is 1.80. The Hall–Kier alpha value is -2.49. The van der Waals surface area contributed by atoms with Crippen LogP contribution in [-0.2, 0) is 6.42 Å². The number of hydrogen-bond donors (Lipinski definition) is 0. The van der Waals surface area contributed by atoms with Crippen molar-refractivity contribution < 1.29 is 9.85 Å². The van der Waals surface area contributed by atoms with Crippen LogP contribution in [0.1, 0.15) is 29.5 Å². The van der Waals surface area contributed by atoms with Crippen LogP contribution in [0.15, 0.2) is 18.2 Å². The lowest BCUT2D eigenvalue weighted by molar-refractivity contribution is -0.743. The molecule has 0 aliphatic rings. The average Bonchev–Trinajstić information content (AvgIpc) is 2.33. The molecule has 100 valence electrons. The van der Waals surface area contributed by atoms with Crippen LogP contribution < -0.4 is 0 Å². The zero-order valence-electron chi connectivity index (χ0n) is 10.4. The van der Waals surface area contributed by atoms with Crippen LogP contribution in [0.2, 0.25) is 0 Å². The van der Waals surface area contributed by atoms with Gasteiger partial charge in [0, 0.05) is 0 Å². The number of aryl methyl sites for hydroxylation is 2. The Morgan fingerprint density at radius 3 is 2.47 bits per heavy atom. The molecular formula is C12H13N3O4. The van der Waals surface area contributed by atoms with E-state index in [2.05, 4.69) is 6.07 Å². The molecule has 0 spiro atoms. The van der Waals surface area contributed by atoms with Crippen LogP contribution in [0, 0.1) is 38.5 Å². The van der Waals surface area contributed by atoms with E-state index >= 15 is 0 Å². The van der Waals surface area contributed by atoms with E-state index in [1.165, 1.54) is 0 Å². The van der Waals surface area contributed by atoms with Crippen molar-refractivity contribution in [3.05, 3.63) is 55.1 Å². The molecule has 1 aromatic rings. The SMILES string of the molecule is Cc1cccc(CCCC([N+](=O)[O-])[N+](=O)[O-])c1C#N. The molecule has 0 saturated heterocycles. The Labute approximate surface area is 109 Å². The van der Waals surface area contributed by atoms with Crippen LogP contribution in [0.5, 0.6) is 0 Å². The van der Waals surface area contributed by atoms with Gasteiger partial charge in [0.2, 0.25) is 0 Å². The second kappa shape index (κ2) is 6.44. The van der Waals surface area contributed by atoms with Gasteiger partial charge >= 0.3 is 6.17 Å². The van der Waals surface area contributed by atoms with Crippen LogP contribution in [0.3, 0.4) is 0 Å². The smallest absolute Gasteiger partial charge is 0.259 e. The third-order valence-corrected chi connectivity index (χ3v) is 2.87. The van der Waals surface area contributed by atoms with Crippen molar-refractivity contribution in [2.24, 2.45) is 0 Å². The van der Waals surface area contributed by atoms with Gasteiger partial charge in [-0.1, -0.05) is 18.2 Å². The van der Waals surface area contributed by atoms with Crippen molar-refractivity contribution >= 4 is 0 Å². The highest BCUT2D eigenvalue weighted by molar-refractivity contribution is 5.43. The third-order valence-electron chi connectivity index (χ3n) is 2.87. The van der Waals surface area contributed by atoms with Gasteiger partial charge < -0.3 is 0 Å². The zero-order chi connectivity index (χ0) is 14.4. The topological polar surface area (TPSA) is 110 Å². The largest absolute Gasteiger partial charge is 0.450 e. The minimum atomic E-state index is -1.77. The predicted octanol–water partition coefficient (Wildman–Crippen LogP) is 2.07. The van der Waals surface area contributed by atoms with Gasteiger partial charge in [0.25, 0.3) is 0 Å². The number of nitriles is 1. The molecule has 0 aliphatic carbocycles. The Morgan fingerprint density at radius 2 is 1.95 bits per heavy atom. The summed E-state index contributed by atoms with van der Waals surface area (Å²) in [5.74, 6) is 0. The van der Waals surface area contributed by atoms with Gasteiger partial charge in [-0.3, -0.25) is 20.2 Å². The number of hydrogen-bond acceptors (Lipinski definition) is 5. The maximum atomic E-state index is 10.5. The highest BCUT2D eigenvalue weighted by atomic mass is 16.7. The lowest BCUT2D eigenvalue weighted by Crippen LogP contribution is -2.28. The second-order valence-corrected chi connectivity index (χ2v) is 4.16. The van der Waals surface area contributed by atoms with Gasteiger partial charge in [-0.15, -0.1) is 0 Å². The summed E-state index contributed by atoms with van der Waals surface area (Å²) >= 11 is 0. The predicted molar refractivity (Wildman–Crippen MR) is 66.6 cm³/mol. The highest BCUT2D eigenvalue weighted by Crippen LogP contribution is 2.16. The Balaban J connectivity index is 2.68. The second-order valence-electron chi connectivity index (χ2n) is 4.16. The molecule has 7 nitrogen and oxygen atoms in total. The normalized spacial score (nSPS) is 10.2. The standard InChI is InChI=1S/C12H13N3O4/c1-9-4-2-5-10(11(9)8-13)6-3-7-12(14(16)17)15(18)19/h2,4-5,12H,3,6-7H2,1H3. The van der Waals surface area contributed by atoms with Gasteiger partial charge in [-0.2, -0.15) is 5.26 Å². The van der Waals surface area contributed by atoms with Gasteiger partial charge in [0.05, 0.1) is 27.9 Å². The third kappa shape index (κ3) is 3.74. The minimum absolute atomic E-state index is 0.140. The fraction of sp³-hybridized carbons (Fsp3) is 0.417. The lowest BCUT2D eigenvalue weighted by Gasteiger charge is -2.06. The quantitative estimate of drug-likeness (QED) is 0.443. The summed E-state index contributed by atoms with van der Waals surface area (Å²) in [4.78, 5) is 19.2. The van der Waals surface area contributed by atoms with E-state index in [0.29, 0.717) is 18.4 Å². The fourth-order valence-electron chi connectivity index (χ4n) is 1.86. The van der Waals surface area contributed by atoms with Crippen molar-refractivity contribution in [1.29, 1.82) is 5.26 Å². The van der Waals surface area contributed by atoms with Gasteiger partial charge in [-0.25, -0.2) is 0 Å². The van der Waals surface area contributed by atoms with E-state index in [4.69, 9.17) is 5.26 Å². The molecule has 0 bridgehead atoms. The zero-order valence-corrected chi connectivity index (χ0v) is 10.4. The summed E-state index contributed by atoms with van der Waals surface area (Å²) in [6, 6.07) is 7.44. The molecular weight excluding hydrogens is 250 g/mol. The van der Waals surface area contributed by atoms with Gasteiger partial charge in [-0.05, 0) is 30.9 Å². The van der Waals surface area contributed by atoms with Crippen molar-refractivity contribution in [2.45, 2.75) is 32.4 Å². The molecule has 0 heterocycles. The molecule has 0 fully saturated rings. The van der Waals surface area contributed by atoms with Crippen molar-refractivity contribution in [3.8, 4) is 6.07 Å². The average molecular weight is 263 g/mol. The van der Waals surface area contributed by atoms with Crippen molar-refractivity contribution in [3.63, 3.8) is 0 Å². The number of rotatable bonds is 6. The first-order valence-corrected chi connectivity index (χ1v) is 5.73.